The molecule has 0 N–H and O–H groups in total. The summed E-state index contributed by atoms with van der Waals surface area (Å²) in [4.78, 5) is 33.0. The van der Waals surface area contributed by atoms with Crippen LogP contribution in [0.3, 0.4) is 0 Å². The van der Waals surface area contributed by atoms with Crippen LogP contribution < -0.4 is 5.56 Å². The Labute approximate surface area is 168 Å². The van der Waals surface area contributed by atoms with Crippen LogP contribution in [-0.2, 0) is 11.3 Å². The molecule has 2 aromatic heterocycles. The first-order valence-electron chi connectivity index (χ1n) is 9.79. The zero-order chi connectivity index (χ0) is 19.8. The van der Waals surface area contributed by atoms with Crippen LogP contribution >= 0.6 is 11.3 Å². The predicted octanol–water partition coefficient (Wildman–Crippen LogP) is 4.14. The van der Waals surface area contributed by atoms with Crippen molar-refractivity contribution in [2.24, 2.45) is 0 Å². The summed E-state index contributed by atoms with van der Waals surface area (Å²) >= 11 is 1.47. The van der Waals surface area contributed by atoms with Crippen LogP contribution in [0, 0.1) is 13.8 Å². The summed E-state index contributed by atoms with van der Waals surface area (Å²) in [5.74, 6) is -0.00147. The number of thiophene rings is 1. The van der Waals surface area contributed by atoms with Gasteiger partial charge in [0.2, 0.25) is 5.91 Å². The van der Waals surface area contributed by atoms with Gasteiger partial charge in [0.05, 0.1) is 11.7 Å². The van der Waals surface area contributed by atoms with Gasteiger partial charge < -0.3 is 4.90 Å². The molecule has 1 aromatic carbocycles. The maximum absolute atomic E-state index is 13.2. The van der Waals surface area contributed by atoms with E-state index in [2.05, 4.69) is 37.9 Å². The Morgan fingerprint density at radius 2 is 2.07 bits per heavy atom. The summed E-state index contributed by atoms with van der Waals surface area (Å²) in [6, 6.07) is 6.46. The number of amides is 1. The van der Waals surface area contributed by atoms with Gasteiger partial charge in [-0.25, -0.2) is 4.98 Å². The molecule has 0 radical (unpaired) electrons. The molecule has 146 valence electrons. The summed E-state index contributed by atoms with van der Waals surface area (Å²) in [7, 11) is 0. The number of benzene rings is 1. The van der Waals surface area contributed by atoms with Crippen LogP contribution in [0.1, 0.15) is 37.3 Å². The number of aromatic nitrogens is 2. The molecule has 0 bridgehead atoms. The highest BCUT2D eigenvalue weighted by molar-refractivity contribution is 7.17. The maximum Gasteiger partial charge on any atom is 0.263 e. The molecule has 0 aliphatic carbocycles. The normalized spacial score (nSPS) is 17.2. The molecule has 1 amide bonds. The van der Waals surface area contributed by atoms with Crippen molar-refractivity contribution in [3.63, 3.8) is 0 Å². The molecule has 6 heteroatoms. The van der Waals surface area contributed by atoms with Crippen molar-refractivity contribution in [3.05, 3.63) is 51.4 Å². The van der Waals surface area contributed by atoms with Gasteiger partial charge in [0.1, 0.15) is 11.4 Å². The monoisotopic (exact) mass is 395 g/mol. The highest BCUT2D eigenvalue weighted by Crippen LogP contribution is 2.31. The zero-order valence-corrected chi connectivity index (χ0v) is 17.4. The first-order chi connectivity index (χ1) is 13.5. The van der Waals surface area contributed by atoms with Crippen molar-refractivity contribution in [3.8, 4) is 11.1 Å². The molecule has 1 fully saturated rings. The molecular formula is C22H25N3O2S. The molecule has 28 heavy (non-hydrogen) atoms. The Balaban J connectivity index is 1.71. The van der Waals surface area contributed by atoms with Gasteiger partial charge >= 0.3 is 0 Å². The minimum Gasteiger partial charge on any atom is -0.338 e. The van der Waals surface area contributed by atoms with E-state index in [1.807, 2.05) is 16.3 Å². The predicted molar refractivity (Wildman–Crippen MR) is 114 cm³/mol. The Hall–Kier alpha value is -2.47. The lowest BCUT2D eigenvalue weighted by molar-refractivity contribution is -0.135. The van der Waals surface area contributed by atoms with Crippen molar-refractivity contribution in [2.45, 2.75) is 52.6 Å². The molecule has 5 nitrogen and oxygen atoms in total. The van der Waals surface area contributed by atoms with E-state index in [0.29, 0.717) is 10.2 Å². The minimum atomic E-state index is -0.141. The fraction of sp³-hybridized carbons (Fsp3) is 0.409. The second kappa shape index (κ2) is 7.51. The first kappa shape index (κ1) is 18.9. The molecule has 0 saturated carbocycles. The van der Waals surface area contributed by atoms with Gasteiger partial charge in [-0.1, -0.05) is 18.2 Å². The average molecular weight is 396 g/mol. The molecule has 1 aliphatic heterocycles. The van der Waals surface area contributed by atoms with Crippen LogP contribution in [0.15, 0.2) is 34.7 Å². The van der Waals surface area contributed by atoms with E-state index < -0.39 is 0 Å². The number of carbonyl (C=O) groups excluding carboxylic acids is 1. The van der Waals surface area contributed by atoms with Crippen LogP contribution in [0.5, 0.6) is 0 Å². The number of hydrogen-bond acceptors (Lipinski definition) is 4. The van der Waals surface area contributed by atoms with E-state index >= 15 is 0 Å². The Morgan fingerprint density at radius 3 is 2.82 bits per heavy atom. The van der Waals surface area contributed by atoms with Crippen molar-refractivity contribution in [1.29, 1.82) is 0 Å². The van der Waals surface area contributed by atoms with Crippen LogP contribution in [0.25, 0.3) is 21.3 Å². The van der Waals surface area contributed by atoms with Gasteiger partial charge in [-0.2, -0.15) is 0 Å². The lowest BCUT2D eigenvalue weighted by atomic mass is 10.0. The van der Waals surface area contributed by atoms with Gasteiger partial charge in [0, 0.05) is 23.5 Å². The van der Waals surface area contributed by atoms with Crippen molar-refractivity contribution in [1.82, 2.24) is 14.5 Å². The largest absolute Gasteiger partial charge is 0.338 e. The highest BCUT2D eigenvalue weighted by atomic mass is 32.1. The lowest BCUT2D eigenvalue weighted by Gasteiger charge is -2.33. The van der Waals surface area contributed by atoms with Crippen molar-refractivity contribution < 1.29 is 4.79 Å². The van der Waals surface area contributed by atoms with Crippen LogP contribution in [-0.4, -0.2) is 32.9 Å². The zero-order valence-electron chi connectivity index (χ0n) is 16.6. The van der Waals surface area contributed by atoms with Crippen molar-refractivity contribution in [2.75, 3.05) is 6.54 Å². The summed E-state index contributed by atoms with van der Waals surface area (Å²) in [5.41, 5.74) is 4.18. The van der Waals surface area contributed by atoms with E-state index in [0.717, 1.165) is 36.9 Å². The molecule has 1 saturated heterocycles. The topological polar surface area (TPSA) is 55.2 Å². The maximum atomic E-state index is 13.2. The van der Waals surface area contributed by atoms with Crippen LogP contribution in [0.2, 0.25) is 0 Å². The van der Waals surface area contributed by atoms with E-state index in [4.69, 9.17) is 0 Å². The molecule has 1 aliphatic rings. The highest BCUT2D eigenvalue weighted by Gasteiger charge is 2.24. The molecule has 3 heterocycles. The number of nitrogens with zero attached hydrogens (tertiary/aromatic N) is 3. The number of rotatable bonds is 3. The Kier molecular flexibility index (Phi) is 5.06. The third kappa shape index (κ3) is 3.37. The summed E-state index contributed by atoms with van der Waals surface area (Å²) in [6.07, 6.45) is 4.73. The number of hydrogen-bond donors (Lipinski definition) is 0. The second-order valence-electron chi connectivity index (χ2n) is 7.74. The van der Waals surface area contributed by atoms with Gasteiger partial charge in [-0.15, -0.1) is 11.3 Å². The van der Waals surface area contributed by atoms with E-state index in [9.17, 15) is 9.59 Å². The van der Waals surface area contributed by atoms with E-state index in [1.165, 1.54) is 33.4 Å². The second-order valence-corrected chi connectivity index (χ2v) is 8.60. The van der Waals surface area contributed by atoms with E-state index in [-0.39, 0.29) is 24.1 Å². The van der Waals surface area contributed by atoms with Gasteiger partial charge in [0.25, 0.3) is 5.56 Å². The molecule has 3 aromatic rings. The standard InChI is InChI=1S/C22H25N3O2S/c1-14-7-8-17(10-15(14)2)18-12-28-21-20(18)22(27)24(13-23-21)11-19(26)25-9-5-4-6-16(25)3/h7-8,10,12-13,16H,4-6,9,11H2,1-3H3. The Morgan fingerprint density at radius 1 is 1.25 bits per heavy atom. The quantitative estimate of drug-likeness (QED) is 0.670. The van der Waals surface area contributed by atoms with Crippen LogP contribution in [0.4, 0.5) is 0 Å². The molecular weight excluding hydrogens is 370 g/mol. The lowest BCUT2D eigenvalue weighted by Crippen LogP contribution is -2.44. The fourth-order valence-electron chi connectivity index (χ4n) is 3.91. The average Bonchev–Trinajstić information content (AvgIpc) is 3.11. The van der Waals surface area contributed by atoms with E-state index in [1.54, 1.807) is 0 Å². The summed E-state index contributed by atoms with van der Waals surface area (Å²) < 4.78 is 1.46. The van der Waals surface area contributed by atoms with Gasteiger partial charge in [0.15, 0.2) is 0 Å². The third-order valence-corrected chi connectivity index (χ3v) is 6.69. The number of fused-ring (bicyclic) bond motifs is 1. The summed E-state index contributed by atoms with van der Waals surface area (Å²) in [6.45, 7) is 7.05. The summed E-state index contributed by atoms with van der Waals surface area (Å²) in [5, 5.41) is 2.59. The molecule has 1 unspecified atom stereocenters. The third-order valence-electron chi connectivity index (χ3n) is 5.81. The number of likely N-dealkylation sites (tertiary alicyclic amines) is 1. The smallest absolute Gasteiger partial charge is 0.263 e. The number of carbonyl (C=O) groups is 1. The molecule has 4 rings (SSSR count). The first-order valence-corrected chi connectivity index (χ1v) is 10.7. The Bertz CT molecular complexity index is 1100. The minimum absolute atomic E-state index is 0.00147. The number of piperidine rings is 1. The van der Waals surface area contributed by atoms with Gasteiger partial charge in [-0.3, -0.25) is 14.2 Å². The van der Waals surface area contributed by atoms with Crippen molar-refractivity contribution >= 4 is 27.5 Å². The van der Waals surface area contributed by atoms with Gasteiger partial charge in [-0.05, 0) is 56.7 Å². The fourth-order valence-corrected chi connectivity index (χ4v) is 4.81. The SMILES string of the molecule is Cc1ccc(-c2csc3ncn(CC(=O)N4CCCCC4C)c(=O)c23)cc1C. The molecule has 0 spiro atoms. The molecule has 1 atom stereocenters. The number of aryl methyl sites for hydroxylation is 2.